The van der Waals surface area contributed by atoms with Crippen molar-refractivity contribution in [2.45, 2.75) is 38.1 Å². The molecule has 1 amide bonds. The van der Waals surface area contributed by atoms with Crippen LogP contribution in [0.4, 0.5) is 5.69 Å². The maximum atomic E-state index is 12.9. The van der Waals surface area contributed by atoms with E-state index in [0.717, 1.165) is 11.4 Å². The van der Waals surface area contributed by atoms with Crippen molar-refractivity contribution in [3.8, 4) is 5.75 Å². The van der Waals surface area contributed by atoms with E-state index in [-0.39, 0.29) is 23.8 Å². The highest BCUT2D eigenvalue weighted by Crippen LogP contribution is 2.25. The van der Waals surface area contributed by atoms with E-state index in [1.54, 1.807) is 0 Å². The molecule has 0 N–H and O–H groups in total. The molecule has 1 aromatic heterocycles. The Morgan fingerprint density at radius 3 is 2.28 bits per heavy atom. The van der Waals surface area contributed by atoms with Gasteiger partial charge in [0.2, 0.25) is 5.91 Å². The number of amides is 1. The molecule has 0 fully saturated rings. The summed E-state index contributed by atoms with van der Waals surface area (Å²) >= 11 is 1.38. The van der Waals surface area contributed by atoms with Crippen LogP contribution in [0, 0.1) is 0 Å². The van der Waals surface area contributed by atoms with Gasteiger partial charge in [-0.1, -0.05) is 48.2 Å². The zero-order valence-electron chi connectivity index (χ0n) is 17.1. The molecule has 0 saturated carbocycles. The average molecular weight is 411 g/mol. The lowest BCUT2D eigenvalue weighted by atomic mass is 10.2. The van der Waals surface area contributed by atoms with Crippen LogP contribution in [0.5, 0.6) is 5.75 Å². The van der Waals surface area contributed by atoms with Crippen molar-refractivity contribution in [3.05, 3.63) is 66.5 Å². The minimum absolute atomic E-state index is 0.0364. The number of rotatable bonds is 8. The van der Waals surface area contributed by atoms with E-state index in [1.165, 1.54) is 11.8 Å². The number of thioether (sulfide) groups is 1. The van der Waals surface area contributed by atoms with Crippen molar-refractivity contribution in [1.82, 2.24) is 14.8 Å². The number of anilines is 1. The normalized spacial score (nSPS) is 12.0. The smallest absolute Gasteiger partial charge is 0.237 e. The Labute approximate surface area is 175 Å². The molecule has 0 aliphatic heterocycles. The lowest BCUT2D eigenvalue weighted by molar-refractivity contribution is -0.116. The quantitative estimate of drug-likeness (QED) is 0.512. The fourth-order valence-electron chi connectivity index (χ4n) is 3.08. The number of hydrogen-bond donors (Lipinski definition) is 0. The maximum Gasteiger partial charge on any atom is 0.237 e. The number of nitrogens with zero attached hydrogens (tertiary/aromatic N) is 4. The number of carbonyl (C=O) groups is 1. The van der Waals surface area contributed by atoms with Gasteiger partial charge in [0.15, 0.2) is 17.1 Å². The monoisotopic (exact) mass is 410 g/mol. The number of aromatic nitrogens is 3. The molecular formula is C22H26N4O2S. The Kier molecular flexibility index (Phi) is 6.93. The molecule has 1 heterocycles. The number of hydrogen-bond acceptors (Lipinski definition) is 5. The second kappa shape index (κ2) is 9.60. The van der Waals surface area contributed by atoms with E-state index in [1.807, 2.05) is 97.9 Å². The highest BCUT2D eigenvalue weighted by Gasteiger charge is 2.22. The molecule has 0 saturated heterocycles. The molecule has 0 radical (unpaired) electrons. The molecule has 0 aliphatic rings. The number of ether oxygens (including phenoxy) is 1. The van der Waals surface area contributed by atoms with Gasteiger partial charge in [0.25, 0.3) is 0 Å². The van der Waals surface area contributed by atoms with Crippen LogP contribution in [0.1, 0.15) is 32.7 Å². The average Bonchev–Trinajstić information content (AvgIpc) is 3.08. The Bertz CT molecular complexity index is 929. The van der Waals surface area contributed by atoms with E-state index in [9.17, 15) is 4.79 Å². The summed E-state index contributed by atoms with van der Waals surface area (Å²) in [7, 11) is 1.89. The fourth-order valence-corrected chi connectivity index (χ4v) is 3.85. The zero-order valence-corrected chi connectivity index (χ0v) is 18.0. The molecule has 3 aromatic rings. The van der Waals surface area contributed by atoms with Gasteiger partial charge in [0.05, 0.1) is 5.75 Å². The molecule has 29 heavy (non-hydrogen) atoms. The van der Waals surface area contributed by atoms with Gasteiger partial charge in [-0.3, -0.25) is 4.79 Å². The molecule has 0 unspecified atom stereocenters. The molecule has 7 heteroatoms. The van der Waals surface area contributed by atoms with Gasteiger partial charge in [-0.25, -0.2) is 0 Å². The molecule has 2 aromatic carbocycles. The highest BCUT2D eigenvalue weighted by atomic mass is 32.2. The standard InChI is InChI=1S/C22H26N4O2S/c1-16(2)26(18-11-7-5-8-12-18)20(27)15-29-22-24-23-21(25(22)4)17(3)28-19-13-9-6-10-14-19/h5-14,16-17H,15H2,1-4H3/t17-/m0/s1. The molecule has 152 valence electrons. The SMILES string of the molecule is CC(C)N(C(=O)CSc1nnc([C@H](C)Oc2ccccc2)n1C)c1ccccc1. The molecule has 0 bridgehead atoms. The second-order valence-corrected chi connectivity index (χ2v) is 7.90. The summed E-state index contributed by atoms with van der Waals surface area (Å²) < 4.78 is 7.82. The first-order valence-electron chi connectivity index (χ1n) is 9.58. The van der Waals surface area contributed by atoms with Crippen molar-refractivity contribution in [2.75, 3.05) is 10.7 Å². The Balaban J connectivity index is 1.66. The van der Waals surface area contributed by atoms with Crippen molar-refractivity contribution in [1.29, 1.82) is 0 Å². The van der Waals surface area contributed by atoms with Crippen LogP contribution >= 0.6 is 11.8 Å². The third-order valence-corrected chi connectivity index (χ3v) is 5.44. The minimum Gasteiger partial charge on any atom is -0.483 e. The van der Waals surface area contributed by atoms with E-state index in [4.69, 9.17) is 4.74 Å². The summed E-state index contributed by atoms with van der Waals surface area (Å²) in [4.78, 5) is 14.7. The summed E-state index contributed by atoms with van der Waals surface area (Å²) in [5.74, 6) is 1.82. The highest BCUT2D eigenvalue weighted by molar-refractivity contribution is 7.99. The fraction of sp³-hybridized carbons (Fsp3) is 0.318. The molecule has 1 atom stereocenters. The van der Waals surface area contributed by atoms with Crippen molar-refractivity contribution < 1.29 is 9.53 Å². The van der Waals surface area contributed by atoms with Crippen LogP contribution in [0.3, 0.4) is 0 Å². The van der Waals surface area contributed by atoms with Gasteiger partial charge >= 0.3 is 0 Å². The number of para-hydroxylation sites is 2. The van der Waals surface area contributed by atoms with Gasteiger partial charge in [0.1, 0.15) is 5.75 Å². The maximum absolute atomic E-state index is 12.9. The van der Waals surface area contributed by atoms with Crippen LogP contribution in [0.2, 0.25) is 0 Å². The molecule has 0 aliphatic carbocycles. The molecule has 6 nitrogen and oxygen atoms in total. The van der Waals surface area contributed by atoms with Crippen LogP contribution in [-0.2, 0) is 11.8 Å². The Hall–Kier alpha value is -2.80. The van der Waals surface area contributed by atoms with Crippen LogP contribution in [0.25, 0.3) is 0 Å². The van der Waals surface area contributed by atoms with Crippen molar-refractivity contribution >= 4 is 23.4 Å². The van der Waals surface area contributed by atoms with E-state index < -0.39 is 0 Å². The Morgan fingerprint density at radius 1 is 1.03 bits per heavy atom. The summed E-state index contributed by atoms with van der Waals surface area (Å²) in [6.45, 7) is 5.96. The summed E-state index contributed by atoms with van der Waals surface area (Å²) in [5, 5.41) is 9.21. The van der Waals surface area contributed by atoms with Crippen molar-refractivity contribution in [3.63, 3.8) is 0 Å². The van der Waals surface area contributed by atoms with Gasteiger partial charge in [-0.2, -0.15) is 0 Å². The summed E-state index contributed by atoms with van der Waals surface area (Å²) in [6, 6.07) is 19.4. The van der Waals surface area contributed by atoms with Gasteiger partial charge in [-0.15, -0.1) is 10.2 Å². The number of carbonyl (C=O) groups excluding carboxylic acids is 1. The lowest BCUT2D eigenvalue weighted by Crippen LogP contribution is -2.38. The van der Waals surface area contributed by atoms with Gasteiger partial charge in [-0.05, 0) is 45.0 Å². The first-order chi connectivity index (χ1) is 14.0. The Morgan fingerprint density at radius 2 is 1.66 bits per heavy atom. The van der Waals surface area contributed by atoms with E-state index >= 15 is 0 Å². The van der Waals surface area contributed by atoms with Crippen LogP contribution < -0.4 is 9.64 Å². The lowest BCUT2D eigenvalue weighted by Gasteiger charge is -2.26. The largest absolute Gasteiger partial charge is 0.483 e. The van der Waals surface area contributed by atoms with Crippen molar-refractivity contribution in [2.24, 2.45) is 7.05 Å². The predicted molar refractivity (Wildman–Crippen MR) is 116 cm³/mol. The molecule has 0 spiro atoms. The van der Waals surface area contributed by atoms with Crippen LogP contribution in [0.15, 0.2) is 65.8 Å². The summed E-state index contributed by atoms with van der Waals surface area (Å²) in [5.41, 5.74) is 0.900. The first kappa shape index (κ1) is 20.9. The second-order valence-electron chi connectivity index (χ2n) is 6.95. The van der Waals surface area contributed by atoms with Gasteiger partial charge in [0, 0.05) is 18.8 Å². The van der Waals surface area contributed by atoms with E-state index in [2.05, 4.69) is 10.2 Å². The molecular weight excluding hydrogens is 384 g/mol. The van der Waals surface area contributed by atoms with E-state index in [0.29, 0.717) is 11.0 Å². The summed E-state index contributed by atoms with van der Waals surface area (Å²) in [6.07, 6.45) is -0.253. The predicted octanol–water partition coefficient (Wildman–Crippen LogP) is 4.49. The minimum atomic E-state index is -0.253. The zero-order chi connectivity index (χ0) is 20.8. The third-order valence-electron chi connectivity index (χ3n) is 4.43. The van der Waals surface area contributed by atoms with Gasteiger partial charge < -0.3 is 14.2 Å². The number of benzene rings is 2. The van der Waals surface area contributed by atoms with Crippen LogP contribution in [-0.4, -0.2) is 32.5 Å². The third kappa shape index (κ3) is 5.17. The first-order valence-corrected chi connectivity index (χ1v) is 10.6. The molecule has 3 rings (SSSR count). The topological polar surface area (TPSA) is 60.3 Å².